The molecule has 1 rings (SSSR count). The van der Waals surface area contributed by atoms with Crippen LogP contribution in [-0.4, -0.2) is 24.9 Å². The Morgan fingerprint density at radius 2 is 2.00 bits per heavy atom. The van der Waals surface area contributed by atoms with Crippen molar-refractivity contribution in [1.82, 2.24) is 10.6 Å². The smallest absolute Gasteiger partial charge is 0.239 e. The molecule has 0 radical (unpaired) electrons. The lowest BCUT2D eigenvalue weighted by Gasteiger charge is -2.07. The van der Waals surface area contributed by atoms with E-state index in [-0.39, 0.29) is 18.4 Å². The molecule has 20 heavy (non-hydrogen) atoms. The molecule has 0 fully saturated rings. The molecular formula is C15H21ClN2O2. The minimum absolute atomic E-state index is 0.0398. The highest BCUT2D eigenvalue weighted by atomic mass is 35.5. The van der Waals surface area contributed by atoms with Crippen LogP contribution in [0.5, 0.6) is 0 Å². The van der Waals surface area contributed by atoms with Gasteiger partial charge in [0.05, 0.1) is 6.54 Å². The van der Waals surface area contributed by atoms with E-state index < -0.39 is 0 Å². The number of carbonyl (C=O) groups is 2. The lowest BCUT2D eigenvalue weighted by Crippen LogP contribution is -2.37. The molecular weight excluding hydrogens is 276 g/mol. The van der Waals surface area contributed by atoms with Gasteiger partial charge in [-0.25, -0.2) is 0 Å². The van der Waals surface area contributed by atoms with Gasteiger partial charge in [-0.15, -0.1) is 0 Å². The first-order valence-electron chi connectivity index (χ1n) is 6.89. The fraction of sp³-hybridized carbons (Fsp3) is 0.467. The monoisotopic (exact) mass is 296 g/mol. The summed E-state index contributed by atoms with van der Waals surface area (Å²) in [5.74, 6) is -0.242. The third kappa shape index (κ3) is 7.14. The van der Waals surface area contributed by atoms with Crippen molar-refractivity contribution in [2.45, 2.75) is 32.6 Å². The summed E-state index contributed by atoms with van der Waals surface area (Å²) in [4.78, 5) is 22.9. The summed E-state index contributed by atoms with van der Waals surface area (Å²) < 4.78 is 0. The van der Waals surface area contributed by atoms with Crippen LogP contribution in [0.4, 0.5) is 0 Å². The SMILES string of the molecule is CCCCC(=O)NCC(=O)NCCc1cccc(Cl)c1. The van der Waals surface area contributed by atoms with Crippen LogP contribution in [0.25, 0.3) is 0 Å². The van der Waals surface area contributed by atoms with E-state index >= 15 is 0 Å². The van der Waals surface area contributed by atoms with Gasteiger partial charge in [-0.3, -0.25) is 9.59 Å². The highest BCUT2D eigenvalue weighted by Gasteiger charge is 2.04. The van der Waals surface area contributed by atoms with Crippen LogP contribution in [0.1, 0.15) is 31.7 Å². The van der Waals surface area contributed by atoms with Crippen LogP contribution >= 0.6 is 11.6 Å². The maximum absolute atomic E-state index is 11.5. The summed E-state index contributed by atoms with van der Waals surface area (Å²) in [5.41, 5.74) is 1.07. The molecule has 0 aliphatic rings. The van der Waals surface area contributed by atoms with Crippen molar-refractivity contribution in [1.29, 1.82) is 0 Å². The van der Waals surface area contributed by atoms with Crippen molar-refractivity contribution in [3.05, 3.63) is 34.9 Å². The van der Waals surface area contributed by atoms with Crippen LogP contribution in [0.2, 0.25) is 5.02 Å². The molecule has 0 saturated heterocycles. The second-order valence-electron chi connectivity index (χ2n) is 4.61. The maximum atomic E-state index is 11.5. The van der Waals surface area contributed by atoms with Crippen molar-refractivity contribution < 1.29 is 9.59 Å². The van der Waals surface area contributed by atoms with Crippen LogP contribution in [0.15, 0.2) is 24.3 Å². The predicted molar refractivity (Wildman–Crippen MR) is 80.7 cm³/mol. The first-order valence-corrected chi connectivity index (χ1v) is 7.27. The van der Waals surface area contributed by atoms with E-state index in [4.69, 9.17) is 11.6 Å². The van der Waals surface area contributed by atoms with Gasteiger partial charge < -0.3 is 10.6 Å². The Labute approximate surface area is 124 Å². The zero-order valence-electron chi connectivity index (χ0n) is 11.7. The van der Waals surface area contributed by atoms with E-state index in [9.17, 15) is 9.59 Å². The van der Waals surface area contributed by atoms with Crippen LogP contribution < -0.4 is 10.6 Å². The molecule has 0 bridgehead atoms. The van der Waals surface area contributed by atoms with Gasteiger partial charge in [0.1, 0.15) is 0 Å². The lowest BCUT2D eigenvalue weighted by atomic mass is 10.1. The number of amides is 2. The summed E-state index contributed by atoms with van der Waals surface area (Å²) >= 11 is 5.88. The Balaban J connectivity index is 2.15. The highest BCUT2D eigenvalue weighted by molar-refractivity contribution is 6.30. The summed E-state index contributed by atoms with van der Waals surface area (Å²) in [6.45, 7) is 2.60. The number of unbranched alkanes of at least 4 members (excludes halogenated alkanes) is 1. The van der Waals surface area contributed by atoms with Gasteiger partial charge >= 0.3 is 0 Å². The van der Waals surface area contributed by atoms with E-state index in [1.165, 1.54) is 0 Å². The Bertz CT molecular complexity index is 449. The van der Waals surface area contributed by atoms with E-state index in [1.54, 1.807) is 0 Å². The van der Waals surface area contributed by atoms with Crippen LogP contribution in [0.3, 0.4) is 0 Å². The zero-order chi connectivity index (χ0) is 14.8. The third-order valence-corrected chi connectivity index (χ3v) is 3.06. The van der Waals surface area contributed by atoms with Gasteiger partial charge in [0.25, 0.3) is 0 Å². The third-order valence-electron chi connectivity index (χ3n) is 2.83. The topological polar surface area (TPSA) is 58.2 Å². The molecule has 1 aromatic rings. The molecule has 1 aromatic carbocycles. The summed E-state index contributed by atoms with van der Waals surface area (Å²) in [7, 11) is 0. The molecule has 0 unspecified atom stereocenters. The van der Waals surface area contributed by atoms with Gasteiger partial charge in [-0.1, -0.05) is 37.1 Å². The molecule has 4 nitrogen and oxygen atoms in total. The van der Waals surface area contributed by atoms with Crippen molar-refractivity contribution >= 4 is 23.4 Å². The molecule has 0 atom stereocenters. The number of benzene rings is 1. The molecule has 0 spiro atoms. The number of nitrogens with one attached hydrogen (secondary N) is 2. The van der Waals surface area contributed by atoms with Crippen molar-refractivity contribution in [3.63, 3.8) is 0 Å². The normalized spacial score (nSPS) is 10.1. The van der Waals surface area contributed by atoms with Crippen molar-refractivity contribution in [2.24, 2.45) is 0 Å². The number of hydrogen-bond acceptors (Lipinski definition) is 2. The lowest BCUT2D eigenvalue weighted by molar-refractivity contribution is -0.126. The summed E-state index contributed by atoms with van der Waals surface area (Å²) in [5, 5.41) is 6.06. The fourth-order valence-electron chi connectivity index (χ4n) is 1.71. The molecule has 0 aliphatic carbocycles. The fourth-order valence-corrected chi connectivity index (χ4v) is 1.92. The molecule has 0 aliphatic heterocycles. The largest absolute Gasteiger partial charge is 0.354 e. The first kappa shape index (κ1) is 16.5. The molecule has 0 saturated carbocycles. The molecule has 2 amide bonds. The van der Waals surface area contributed by atoms with E-state index in [2.05, 4.69) is 10.6 Å². The Morgan fingerprint density at radius 3 is 2.70 bits per heavy atom. The number of carbonyl (C=O) groups excluding carboxylic acids is 2. The Morgan fingerprint density at radius 1 is 1.20 bits per heavy atom. The van der Waals surface area contributed by atoms with Crippen LogP contribution in [0, 0.1) is 0 Å². The molecule has 0 aromatic heterocycles. The van der Waals surface area contributed by atoms with Crippen molar-refractivity contribution in [3.8, 4) is 0 Å². The second-order valence-corrected chi connectivity index (χ2v) is 5.05. The number of halogens is 1. The van der Waals surface area contributed by atoms with Crippen LogP contribution in [-0.2, 0) is 16.0 Å². The standard InChI is InChI=1S/C15H21ClN2O2/c1-2-3-7-14(19)18-11-15(20)17-9-8-12-5-4-6-13(16)10-12/h4-6,10H,2-3,7-9,11H2,1H3,(H,17,20)(H,18,19). The molecule has 2 N–H and O–H groups in total. The van der Waals surface area contributed by atoms with Gasteiger partial charge in [-0.2, -0.15) is 0 Å². The average molecular weight is 297 g/mol. The predicted octanol–water partition coefficient (Wildman–Crippen LogP) is 2.31. The Kier molecular flexibility index (Phi) is 7.73. The zero-order valence-corrected chi connectivity index (χ0v) is 12.5. The van der Waals surface area contributed by atoms with E-state index in [0.717, 1.165) is 24.8 Å². The molecule has 5 heteroatoms. The number of rotatable bonds is 8. The van der Waals surface area contributed by atoms with Gasteiger partial charge in [0.2, 0.25) is 11.8 Å². The van der Waals surface area contributed by atoms with Gasteiger partial charge in [-0.05, 0) is 30.5 Å². The maximum Gasteiger partial charge on any atom is 0.239 e. The van der Waals surface area contributed by atoms with Crippen molar-refractivity contribution in [2.75, 3.05) is 13.1 Å². The van der Waals surface area contributed by atoms with E-state index in [0.29, 0.717) is 18.0 Å². The quantitative estimate of drug-likeness (QED) is 0.773. The highest BCUT2D eigenvalue weighted by Crippen LogP contribution is 2.10. The molecule has 0 heterocycles. The first-order chi connectivity index (χ1) is 9.61. The molecule has 110 valence electrons. The van der Waals surface area contributed by atoms with E-state index in [1.807, 2.05) is 31.2 Å². The minimum atomic E-state index is -0.170. The summed E-state index contributed by atoms with van der Waals surface area (Å²) in [6, 6.07) is 7.54. The second kappa shape index (κ2) is 9.37. The minimum Gasteiger partial charge on any atom is -0.354 e. The average Bonchev–Trinajstić information content (AvgIpc) is 2.43. The Hall–Kier alpha value is -1.55. The number of hydrogen-bond donors (Lipinski definition) is 2. The van der Waals surface area contributed by atoms with Gasteiger partial charge in [0.15, 0.2) is 0 Å². The van der Waals surface area contributed by atoms with Gasteiger partial charge in [0, 0.05) is 18.0 Å². The summed E-state index contributed by atoms with van der Waals surface area (Å²) in [6.07, 6.45) is 3.02.